The summed E-state index contributed by atoms with van der Waals surface area (Å²) in [6.45, 7) is 1.93. The summed E-state index contributed by atoms with van der Waals surface area (Å²) in [5.41, 5.74) is -0.0156. The zero-order chi connectivity index (χ0) is 16.0. The van der Waals surface area contributed by atoms with Crippen LogP contribution in [-0.4, -0.2) is 43.4 Å². The number of amides is 1. The van der Waals surface area contributed by atoms with Crippen LogP contribution in [0.2, 0.25) is 0 Å². The van der Waals surface area contributed by atoms with Gasteiger partial charge in [-0.25, -0.2) is 0 Å². The summed E-state index contributed by atoms with van der Waals surface area (Å²) in [6, 6.07) is 3.24. The SMILES string of the molecule is COc1cc(OC)c(C(=O)NC(C)(CBr)CBr)cc1OC. The van der Waals surface area contributed by atoms with E-state index in [4.69, 9.17) is 14.2 Å². The van der Waals surface area contributed by atoms with Crippen LogP contribution in [0.4, 0.5) is 0 Å². The van der Waals surface area contributed by atoms with Crippen LogP contribution in [0.3, 0.4) is 0 Å². The van der Waals surface area contributed by atoms with Gasteiger partial charge in [0, 0.05) is 22.8 Å². The Labute approximate surface area is 141 Å². The number of carbonyl (C=O) groups is 1. The monoisotopic (exact) mass is 423 g/mol. The predicted octanol–water partition coefficient (Wildman–Crippen LogP) is 2.99. The molecule has 0 saturated heterocycles. The number of hydrogen-bond donors (Lipinski definition) is 1. The number of rotatable bonds is 7. The van der Waals surface area contributed by atoms with Gasteiger partial charge in [-0.1, -0.05) is 31.9 Å². The molecule has 1 amide bonds. The Kier molecular flexibility index (Phi) is 6.80. The first-order chi connectivity index (χ1) is 9.94. The van der Waals surface area contributed by atoms with Crippen LogP contribution in [0, 0.1) is 0 Å². The van der Waals surface area contributed by atoms with E-state index in [0.717, 1.165) is 0 Å². The molecule has 1 aromatic rings. The second kappa shape index (κ2) is 7.89. The lowest BCUT2D eigenvalue weighted by Crippen LogP contribution is -2.49. The average Bonchev–Trinajstić information content (AvgIpc) is 2.52. The Balaban J connectivity index is 3.19. The standard InChI is InChI=1S/C14H19Br2NO4/c1-14(7-15,8-16)17-13(18)9-5-11(20-3)12(21-4)6-10(9)19-2/h5-6H,7-8H2,1-4H3,(H,17,18). The molecule has 7 heteroatoms. The lowest BCUT2D eigenvalue weighted by molar-refractivity contribution is 0.0919. The molecule has 0 aliphatic rings. The highest BCUT2D eigenvalue weighted by Crippen LogP contribution is 2.34. The average molecular weight is 425 g/mol. The molecule has 0 aliphatic carbocycles. The third-order valence-electron chi connectivity index (χ3n) is 2.96. The van der Waals surface area contributed by atoms with Gasteiger partial charge in [-0.15, -0.1) is 0 Å². The van der Waals surface area contributed by atoms with Crippen LogP contribution >= 0.6 is 31.9 Å². The molecule has 0 unspecified atom stereocenters. The first-order valence-corrected chi connectivity index (χ1v) is 8.43. The summed E-state index contributed by atoms with van der Waals surface area (Å²) in [6.07, 6.45) is 0. The minimum absolute atomic E-state index is 0.241. The van der Waals surface area contributed by atoms with Gasteiger partial charge in [0.1, 0.15) is 5.75 Å². The van der Waals surface area contributed by atoms with Crippen molar-refractivity contribution in [3.63, 3.8) is 0 Å². The largest absolute Gasteiger partial charge is 0.496 e. The summed E-state index contributed by atoms with van der Waals surface area (Å²) in [4.78, 5) is 12.5. The lowest BCUT2D eigenvalue weighted by Gasteiger charge is -2.27. The highest BCUT2D eigenvalue weighted by atomic mass is 79.9. The number of halogens is 2. The Morgan fingerprint density at radius 2 is 1.52 bits per heavy atom. The Bertz CT molecular complexity index is 504. The van der Waals surface area contributed by atoms with Crippen LogP contribution in [0.1, 0.15) is 17.3 Å². The molecule has 0 aliphatic heterocycles. The van der Waals surface area contributed by atoms with Crippen LogP contribution in [0.15, 0.2) is 12.1 Å². The van der Waals surface area contributed by atoms with Crippen molar-refractivity contribution in [2.45, 2.75) is 12.5 Å². The Morgan fingerprint density at radius 1 is 1.05 bits per heavy atom. The van der Waals surface area contributed by atoms with Gasteiger partial charge in [-0.05, 0) is 6.92 Å². The van der Waals surface area contributed by atoms with E-state index in [0.29, 0.717) is 33.5 Å². The maximum absolute atomic E-state index is 12.5. The molecule has 1 rings (SSSR count). The van der Waals surface area contributed by atoms with Gasteiger partial charge in [0.15, 0.2) is 11.5 Å². The molecule has 118 valence electrons. The Hall–Kier alpha value is -0.950. The Morgan fingerprint density at radius 3 is 1.95 bits per heavy atom. The van der Waals surface area contributed by atoms with Crippen LogP contribution in [0.5, 0.6) is 17.2 Å². The smallest absolute Gasteiger partial charge is 0.255 e. The summed E-state index contributed by atoms with van der Waals surface area (Å²) in [5, 5.41) is 4.20. The number of hydrogen-bond acceptors (Lipinski definition) is 4. The normalized spacial score (nSPS) is 11.0. The van der Waals surface area contributed by atoms with Crippen molar-refractivity contribution >= 4 is 37.8 Å². The van der Waals surface area contributed by atoms with Gasteiger partial charge >= 0.3 is 0 Å². The molecule has 5 nitrogen and oxygen atoms in total. The van der Waals surface area contributed by atoms with E-state index >= 15 is 0 Å². The fourth-order valence-electron chi connectivity index (χ4n) is 1.65. The van der Waals surface area contributed by atoms with E-state index in [1.807, 2.05) is 6.92 Å². The zero-order valence-corrected chi connectivity index (χ0v) is 15.6. The van der Waals surface area contributed by atoms with Crippen LogP contribution in [-0.2, 0) is 0 Å². The fourth-order valence-corrected chi connectivity index (χ4v) is 2.86. The maximum atomic E-state index is 12.5. The molecule has 0 atom stereocenters. The van der Waals surface area contributed by atoms with E-state index in [1.54, 1.807) is 12.1 Å². The van der Waals surface area contributed by atoms with Crippen molar-refractivity contribution in [2.75, 3.05) is 32.0 Å². The predicted molar refractivity (Wildman–Crippen MR) is 89.6 cm³/mol. The second-order valence-corrected chi connectivity index (χ2v) is 5.81. The highest BCUT2D eigenvalue weighted by molar-refractivity contribution is 9.09. The highest BCUT2D eigenvalue weighted by Gasteiger charge is 2.26. The third-order valence-corrected chi connectivity index (χ3v) is 5.43. The molecular weight excluding hydrogens is 406 g/mol. The van der Waals surface area contributed by atoms with Crippen molar-refractivity contribution in [2.24, 2.45) is 0 Å². The molecule has 0 aromatic heterocycles. The third kappa shape index (κ3) is 4.26. The molecular formula is C14H19Br2NO4. The van der Waals surface area contributed by atoms with Crippen molar-refractivity contribution in [3.05, 3.63) is 17.7 Å². The molecule has 0 saturated carbocycles. The number of methoxy groups -OCH3 is 3. The maximum Gasteiger partial charge on any atom is 0.255 e. The van der Waals surface area contributed by atoms with Gasteiger partial charge in [-0.2, -0.15) is 0 Å². The van der Waals surface area contributed by atoms with E-state index in [9.17, 15) is 4.79 Å². The molecule has 0 radical (unpaired) electrons. The van der Waals surface area contributed by atoms with Crippen LogP contribution in [0.25, 0.3) is 0 Å². The van der Waals surface area contributed by atoms with E-state index in [2.05, 4.69) is 37.2 Å². The van der Waals surface area contributed by atoms with E-state index in [1.165, 1.54) is 21.3 Å². The summed E-state index contributed by atoms with van der Waals surface area (Å²) in [5.74, 6) is 1.17. The van der Waals surface area contributed by atoms with Crippen molar-refractivity contribution < 1.29 is 19.0 Å². The van der Waals surface area contributed by atoms with Gasteiger partial charge in [0.05, 0.1) is 32.4 Å². The van der Waals surface area contributed by atoms with Gasteiger partial charge < -0.3 is 19.5 Å². The lowest BCUT2D eigenvalue weighted by atomic mass is 10.1. The molecule has 0 fully saturated rings. The first-order valence-electron chi connectivity index (χ1n) is 6.19. The van der Waals surface area contributed by atoms with E-state index < -0.39 is 5.54 Å². The molecule has 0 bridgehead atoms. The van der Waals surface area contributed by atoms with E-state index in [-0.39, 0.29) is 5.91 Å². The topological polar surface area (TPSA) is 56.8 Å². The van der Waals surface area contributed by atoms with Crippen molar-refractivity contribution in [1.29, 1.82) is 0 Å². The minimum Gasteiger partial charge on any atom is -0.496 e. The summed E-state index contributed by atoms with van der Waals surface area (Å²) in [7, 11) is 4.56. The number of nitrogens with one attached hydrogen (secondary N) is 1. The molecule has 0 heterocycles. The number of ether oxygens (including phenoxy) is 3. The van der Waals surface area contributed by atoms with Gasteiger partial charge in [0.2, 0.25) is 0 Å². The summed E-state index contributed by atoms with van der Waals surface area (Å²) < 4.78 is 15.7. The molecule has 21 heavy (non-hydrogen) atoms. The molecule has 0 spiro atoms. The second-order valence-electron chi connectivity index (χ2n) is 4.69. The molecule has 1 aromatic carbocycles. The van der Waals surface area contributed by atoms with Crippen LogP contribution < -0.4 is 19.5 Å². The minimum atomic E-state index is -0.407. The van der Waals surface area contributed by atoms with Gasteiger partial charge in [-0.3, -0.25) is 4.79 Å². The fraction of sp³-hybridized carbons (Fsp3) is 0.500. The van der Waals surface area contributed by atoms with Gasteiger partial charge in [0.25, 0.3) is 5.91 Å². The van der Waals surface area contributed by atoms with Crippen molar-refractivity contribution in [1.82, 2.24) is 5.32 Å². The van der Waals surface area contributed by atoms with Crippen molar-refractivity contribution in [3.8, 4) is 17.2 Å². The number of benzene rings is 1. The quantitative estimate of drug-likeness (QED) is 0.683. The summed E-state index contributed by atoms with van der Waals surface area (Å²) >= 11 is 6.80. The first kappa shape index (κ1) is 18.1. The number of alkyl halides is 2. The zero-order valence-electron chi connectivity index (χ0n) is 12.5. The molecule has 1 N–H and O–H groups in total. The number of carbonyl (C=O) groups excluding carboxylic acids is 1.